The predicted octanol–water partition coefficient (Wildman–Crippen LogP) is 5.40. The summed E-state index contributed by atoms with van der Waals surface area (Å²) in [6.45, 7) is 3.11. The summed E-state index contributed by atoms with van der Waals surface area (Å²) in [5.41, 5.74) is 0. The van der Waals surface area contributed by atoms with Crippen LogP contribution in [0.15, 0.2) is 41.3 Å². The van der Waals surface area contributed by atoms with Crippen LogP contribution in [0.2, 0.25) is 0 Å². The first-order valence-corrected chi connectivity index (χ1v) is 9.76. The minimum atomic E-state index is 0.739. The molecule has 1 saturated heterocycles. The van der Waals surface area contributed by atoms with E-state index in [2.05, 4.69) is 35.6 Å². The summed E-state index contributed by atoms with van der Waals surface area (Å²) in [4.78, 5) is 1.01. The fourth-order valence-corrected chi connectivity index (χ4v) is 3.77. The highest BCUT2D eigenvalue weighted by atomic mass is 32.1. The second kappa shape index (κ2) is 9.33. The molecule has 2 fully saturated rings. The molecule has 1 aliphatic heterocycles. The molecule has 2 nitrogen and oxygen atoms in total. The van der Waals surface area contributed by atoms with Gasteiger partial charge in [-0.1, -0.05) is 43.5 Å². The van der Waals surface area contributed by atoms with Crippen molar-refractivity contribution in [1.82, 2.24) is 0 Å². The zero-order valence-corrected chi connectivity index (χ0v) is 15.3. The van der Waals surface area contributed by atoms with Gasteiger partial charge in [0.05, 0.1) is 6.61 Å². The average molecular weight is 346 g/mol. The molecule has 0 unspecified atom stereocenters. The van der Waals surface area contributed by atoms with E-state index < -0.39 is 0 Å². The Morgan fingerprint density at radius 2 is 1.58 bits per heavy atom. The lowest BCUT2D eigenvalue weighted by molar-refractivity contribution is 0.0102. The summed E-state index contributed by atoms with van der Waals surface area (Å²) in [7, 11) is 0. The van der Waals surface area contributed by atoms with E-state index in [0.717, 1.165) is 36.4 Å². The Kier molecular flexibility index (Phi) is 6.86. The molecule has 0 radical (unpaired) electrons. The second-order valence-electron chi connectivity index (χ2n) is 6.82. The van der Waals surface area contributed by atoms with Gasteiger partial charge in [0.25, 0.3) is 0 Å². The van der Waals surface area contributed by atoms with E-state index in [4.69, 9.17) is 4.74 Å². The van der Waals surface area contributed by atoms with E-state index in [1.54, 1.807) is 0 Å². The van der Waals surface area contributed by atoms with Gasteiger partial charge in [0, 0.05) is 23.1 Å². The maximum atomic E-state index is 6.08. The van der Waals surface area contributed by atoms with Crippen molar-refractivity contribution >= 4 is 23.4 Å². The molecule has 4 rings (SSSR count). The Hall–Kier alpha value is -1.19. The van der Waals surface area contributed by atoms with Crippen molar-refractivity contribution in [3.8, 4) is 5.75 Å². The quantitative estimate of drug-likeness (QED) is 0.584. The highest BCUT2D eigenvalue weighted by Gasteiger charge is 2.14. The molecular weight excluding hydrogens is 316 g/mol. The maximum Gasteiger partial charge on any atom is 0.145 e. The SMILES string of the molecule is C1CC[OH+]C1.Sc1ccc(OCC2CCCCC2)c2ccccc12. The van der Waals surface area contributed by atoms with Gasteiger partial charge in [-0.05, 0) is 36.3 Å². The van der Waals surface area contributed by atoms with Crippen LogP contribution in [0.1, 0.15) is 44.9 Å². The zero-order chi connectivity index (χ0) is 16.6. The van der Waals surface area contributed by atoms with Gasteiger partial charge >= 0.3 is 0 Å². The number of ether oxygens (including phenoxy) is 2. The molecule has 0 atom stereocenters. The molecule has 0 aromatic heterocycles. The van der Waals surface area contributed by atoms with Gasteiger partial charge in [-0.3, -0.25) is 0 Å². The summed E-state index contributed by atoms with van der Waals surface area (Å²) in [6.07, 6.45) is 9.44. The number of fused-ring (bicyclic) bond motifs is 1. The van der Waals surface area contributed by atoms with Crippen LogP contribution in [0.4, 0.5) is 0 Å². The van der Waals surface area contributed by atoms with Crippen molar-refractivity contribution in [2.24, 2.45) is 5.92 Å². The fourth-order valence-electron chi connectivity index (χ4n) is 3.50. The van der Waals surface area contributed by atoms with Crippen molar-refractivity contribution in [1.29, 1.82) is 0 Å². The lowest BCUT2D eigenvalue weighted by Crippen LogP contribution is -2.15. The Morgan fingerprint density at radius 1 is 0.875 bits per heavy atom. The number of hydrogen-bond acceptors (Lipinski definition) is 2. The van der Waals surface area contributed by atoms with Crippen molar-refractivity contribution in [2.75, 3.05) is 19.8 Å². The third-order valence-corrected chi connectivity index (χ3v) is 5.33. The number of thiol groups is 1. The standard InChI is InChI=1S/C17H20OS.C4H8O/c19-17-11-10-16(14-8-4-5-9-15(14)17)18-12-13-6-2-1-3-7-13;1-2-4-5-3-1/h4-5,8-11,13,19H,1-3,6-7,12H2;1-4H2/p+1. The monoisotopic (exact) mass is 345 g/mol. The molecule has 2 aromatic carbocycles. The lowest BCUT2D eigenvalue weighted by Gasteiger charge is -2.22. The van der Waals surface area contributed by atoms with E-state index >= 15 is 0 Å². The highest BCUT2D eigenvalue weighted by molar-refractivity contribution is 7.80. The van der Waals surface area contributed by atoms with E-state index in [1.165, 1.54) is 55.7 Å². The molecule has 3 heteroatoms. The van der Waals surface area contributed by atoms with Crippen LogP contribution in [-0.4, -0.2) is 24.6 Å². The van der Waals surface area contributed by atoms with Crippen molar-refractivity contribution in [3.63, 3.8) is 0 Å². The number of aliphatic hydroxyl groups is 2. The first kappa shape index (κ1) is 17.6. The van der Waals surface area contributed by atoms with Crippen molar-refractivity contribution in [2.45, 2.75) is 49.8 Å². The summed E-state index contributed by atoms with van der Waals surface area (Å²) >= 11 is 4.51. The summed E-state index contributed by atoms with van der Waals surface area (Å²) in [5, 5.41) is 2.35. The van der Waals surface area contributed by atoms with Gasteiger partial charge in [-0.2, -0.15) is 0 Å². The fraction of sp³-hybridized carbons (Fsp3) is 0.524. The average Bonchev–Trinajstić information content (AvgIpc) is 3.22. The minimum Gasteiger partial charge on any atom is -0.493 e. The van der Waals surface area contributed by atoms with Crippen LogP contribution >= 0.6 is 12.6 Å². The van der Waals surface area contributed by atoms with Gasteiger partial charge in [-0.15, -0.1) is 12.6 Å². The van der Waals surface area contributed by atoms with Gasteiger partial charge in [-0.25, -0.2) is 0 Å². The van der Waals surface area contributed by atoms with Crippen LogP contribution in [0.25, 0.3) is 10.8 Å². The summed E-state index contributed by atoms with van der Waals surface area (Å²) in [5.74, 6) is 1.74. The highest BCUT2D eigenvalue weighted by Crippen LogP contribution is 2.31. The third kappa shape index (κ3) is 4.90. The Bertz CT molecular complexity index is 623. The lowest BCUT2D eigenvalue weighted by atomic mass is 9.90. The van der Waals surface area contributed by atoms with Gasteiger partial charge in [0.15, 0.2) is 0 Å². The molecule has 0 bridgehead atoms. The normalized spacial score (nSPS) is 18.2. The first-order chi connectivity index (χ1) is 11.8. The van der Waals surface area contributed by atoms with Crippen LogP contribution in [0, 0.1) is 5.92 Å². The largest absolute Gasteiger partial charge is 0.493 e. The molecule has 2 aromatic rings. The smallest absolute Gasteiger partial charge is 0.145 e. The van der Waals surface area contributed by atoms with Gasteiger partial charge in [0.1, 0.15) is 19.0 Å². The van der Waals surface area contributed by atoms with Crippen molar-refractivity contribution in [3.05, 3.63) is 36.4 Å². The maximum absolute atomic E-state index is 6.08. The molecular formula is C21H29O2S+. The van der Waals surface area contributed by atoms with Gasteiger partial charge in [0.2, 0.25) is 0 Å². The molecule has 2 aliphatic rings. The van der Waals surface area contributed by atoms with E-state index in [-0.39, 0.29) is 0 Å². The second-order valence-corrected chi connectivity index (χ2v) is 7.30. The van der Waals surface area contributed by atoms with E-state index in [9.17, 15) is 0 Å². The van der Waals surface area contributed by atoms with E-state index in [1.807, 2.05) is 18.2 Å². The van der Waals surface area contributed by atoms with Gasteiger partial charge < -0.3 is 9.47 Å². The summed E-state index contributed by atoms with van der Waals surface area (Å²) < 4.78 is 10.2. The van der Waals surface area contributed by atoms with Crippen LogP contribution in [0.5, 0.6) is 5.75 Å². The molecule has 0 amide bonds. The molecule has 130 valence electrons. The predicted molar refractivity (Wildman–Crippen MR) is 104 cm³/mol. The Balaban J connectivity index is 0.000000290. The Labute approximate surface area is 151 Å². The summed E-state index contributed by atoms with van der Waals surface area (Å²) in [6, 6.07) is 12.4. The molecule has 1 heterocycles. The molecule has 0 spiro atoms. The van der Waals surface area contributed by atoms with Crippen LogP contribution in [-0.2, 0) is 0 Å². The third-order valence-electron chi connectivity index (χ3n) is 4.94. The first-order valence-electron chi connectivity index (χ1n) is 9.31. The minimum absolute atomic E-state index is 0.739. The Morgan fingerprint density at radius 3 is 2.25 bits per heavy atom. The van der Waals surface area contributed by atoms with Crippen molar-refractivity contribution < 1.29 is 9.47 Å². The van der Waals surface area contributed by atoms with Crippen LogP contribution < -0.4 is 4.74 Å². The van der Waals surface area contributed by atoms with E-state index in [0.29, 0.717) is 0 Å². The van der Waals surface area contributed by atoms with Crippen LogP contribution in [0.3, 0.4) is 0 Å². The number of benzene rings is 2. The molecule has 24 heavy (non-hydrogen) atoms. The number of rotatable bonds is 3. The zero-order valence-electron chi connectivity index (χ0n) is 14.4. The molecule has 1 aliphatic carbocycles. The molecule has 1 saturated carbocycles. The molecule has 1 N–H and O–H groups in total. The number of hydrogen-bond donors (Lipinski definition) is 1. The topological polar surface area (TPSA) is 22.0 Å².